The Morgan fingerprint density at radius 3 is 1.86 bits per heavy atom. The zero-order chi connectivity index (χ0) is 5.86. The van der Waals surface area contributed by atoms with Gasteiger partial charge in [0.1, 0.15) is 0 Å². The maximum absolute atomic E-state index is 8.16. The van der Waals surface area contributed by atoms with Crippen LogP contribution in [0, 0.1) is 0 Å². The Hall–Kier alpha value is 0.527. The Labute approximate surface area is 45.7 Å². The molecule has 0 radical (unpaired) electrons. The molecule has 0 bridgehead atoms. The van der Waals surface area contributed by atoms with Crippen LogP contribution >= 0.6 is 8.60 Å². The smallest absolute Gasteiger partial charge is 0.315 e. The minimum atomic E-state index is -2.08. The molecule has 0 aliphatic carbocycles. The first-order chi connectivity index (χ1) is 3.13. The predicted molar refractivity (Wildman–Crippen MR) is 31.3 cm³/mol. The molecular weight excluding hydrogens is 131 g/mol. The predicted octanol–water partition coefficient (Wildman–Crippen LogP) is 0.198. The Bertz CT molecular complexity index is 42.2. The highest BCUT2D eigenvalue weighted by Gasteiger charge is 2.01. The Kier molecular flexibility index (Phi) is 3.78. The van der Waals surface area contributed by atoms with Gasteiger partial charge in [0.05, 0.1) is 0 Å². The molecule has 0 heterocycles. The van der Waals surface area contributed by atoms with Crippen molar-refractivity contribution in [2.45, 2.75) is 13.1 Å². The molecule has 44 valence electrons. The van der Waals surface area contributed by atoms with Crippen LogP contribution in [0.4, 0.5) is 0 Å². The van der Waals surface area contributed by atoms with Crippen LogP contribution in [0.1, 0.15) is 0 Å². The second-order valence-corrected chi connectivity index (χ2v) is 4.85. The van der Waals surface area contributed by atoms with Gasteiger partial charge in [-0.25, -0.2) is 0 Å². The summed E-state index contributed by atoms with van der Waals surface area (Å²) in [6.07, 6.45) is 0. The van der Waals surface area contributed by atoms with E-state index in [4.69, 9.17) is 9.79 Å². The van der Waals surface area contributed by atoms with E-state index in [0.29, 0.717) is 0 Å². The van der Waals surface area contributed by atoms with E-state index < -0.39 is 17.6 Å². The highest BCUT2D eigenvalue weighted by atomic mass is 31.2. The summed E-state index contributed by atoms with van der Waals surface area (Å²) in [5.41, 5.74) is 0. The molecule has 0 saturated carbocycles. The van der Waals surface area contributed by atoms with Crippen molar-refractivity contribution < 1.29 is 14.0 Å². The van der Waals surface area contributed by atoms with Gasteiger partial charge in [0.15, 0.2) is 9.04 Å². The first-order valence-corrected chi connectivity index (χ1v) is 5.92. The van der Waals surface area contributed by atoms with E-state index >= 15 is 0 Å². The highest BCUT2D eigenvalue weighted by Crippen LogP contribution is 2.24. The van der Waals surface area contributed by atoms with Gasteiger partial charge < -0.3 is 14.0 Å². The summed E-state index contributed by atoms with van der Waals surface area (Å²) in [6, 6.07) is 0. The molecule has 0 fully saturated rings. The lowest BCUT2D eigenvalue weighted by atomic mass is 11.9. The fourth-order valence-corrected chi connectivity index (χ4v) is 1.70. The van der Waals surface area contributed by atoms with E-state index in [-0.39, 0.29) is 0 Å². The second-order valence-electron chi connectivity index (χ2n) is 1.41. The average molecular weight is 140 g/mol. The van der Waals surface area contributed by atoms with Crippen LogP contribution in [0.2, 0.25) is 13.1 Å². The Morgan fingerprint density at radius 2 is 1.86 bits per heavy atom. The van der Waals surface area contributed by atoms with Gasteiger partial charge in [-0.05, 0) is 13.1 Å². The quantitative estimate of drug-likeness (QED) is 0.425. The molecule has 0 aromatic carbocycles. The normalized spacial score (nSPS) is 11.1. The molecule has 7 heavy (non-hydrogen) atoms. The van der Waals surface area contributed by atoms with E-state index in [1.807, 2.05) is 13.1 Å². The molecule has 3 nitrogen and oxygen atoms in total. The highest BCUT2D eigenvalue weighted by molar-refractivity contribution is 7.41. The fourth-order valence-electron chi connectivity index (χ4n) is 0.189. The topological polar surface area (TPSA) is 49.7 Å². The van der Waals surface area contributed by atoms with Gasteiger partial charge in [-0.15, -0.1) is 0 Å². The Balaban J connectivity index is 2.95. The van der Waals surface area contributed by atoms with E-state index in [2.05, 4.69) is 4.21 Å². The van der Waals surface area contributed by atoms with Crippen molar-refractivity contribution in [3.63, 3.8) is 0 Å². The van der Waals surface area contributed by atoms with Gasteiger partial charge in [-0.2, -0.15) is 0 Å². The minimum absolute atomic E-state index is 1.20. The third-order valence-electron chi connectivity index (χ3n) is 0.305. The van der Waals surface area contributed by atoms with Crippen molar-refractivity contribution in [3.05, 3.63) is 0 Å². The molecular formula is C2H9O3PSi. The lowest BCUT2D eigenvalue weighted by molar-refractivity contribution is 0.380. The third-order valence-corrected chi connectivity index (χ3v) is 2.75. The molecule has 0 aliphatic heterocycles. The molecule has 0 spiro atoms. The first-order valence-electron chi connectivity index (χ1n) is 1.97. The molecule has 0 rings (SSSR count). The lowest BCUT2D eigenvalue weighted by Gasteiger charge is -2.03. The molecule has 2 N–H and O–H groups in total. The van der Waals surface area contributed by atoms with Gasteiger partial charge in [0.25, 0.3) is 0 Å². The summed E-state index contributed by atoms with van der Waals surface area (Å²) in [6.45, 7) is 3.75. The standard InChI is InChI=1S/C2H9O3PSi/c1-7(2)5-6(3)4/h3-4,7H,1-2H3. The van der Waals surface area contributed by atoms with Crippen LogP contribution in [0.3, 0.4) is 0 Å². The largest absolute Gasteiger partial charge is 0.359 e. The van der Waals surface area contributed by atoms with Crippen molar-refractivity contribution in [3.8, 4) is 0 Å². The molecule has 0 aromatic rings. The van der Waals surface area contributed by atoms with Crippen LogP contribution in [-0.2, 0) is 4.21 Å². The zero-order valence-electron chi connectivity index (χ0n) is 4.33. The van der Waals surface area contributed by atoms with Crippen LogP contribution in [-0.4, -0.2) is 18.8 Å². The van der Waals surface area contributed by atoms with Gasteiger partial charge in [0.2, 0.25) is 0 Å². The first kappa shape index (κ1) is 7.53. The summed E-state index contributed by atoms with van der Waals surface area (Å²) < 4.78 is 4.56. The maximum atomic E-state index is 8.16. The maximum Gasteiger partial charge on any atom is 0.315 e. The number of rotatable bonds is 2. The summed E-state index contributed by atoms with van der Waals surface area (Å²) in [4.78, 5) is 16.3. The fraction of sp³-hybridized carbons (Fsp3) is 1.00. The third kappa shape index (κ3) is 6.53. The van der Waals surface area contributed by atoms with E-state index in [0.717, 1.165) is 0 Å². The molecule has 0 saturated heterocycles. The van der Waals surface area contributed by atoms with E-state index in [9.17, 15) is 0 Å². The summed E-state index contributed by atoms with van der Waals surface area (Å²) in [5, 5.41) is 0. The molecule has 0 aliphatic rings. The molecule has 0 amide bonds. The zero-order valence-corrected chi connectivity index (χ0v) is 6.38. The van der Waals surface area contributed by atoms with Crippen molar-refractivity contribution >= 4 is 17.6 Å². The SMILES string of the molecule is C[SiH](C)OP(O)O. The second kappa shape index (κ2) is 3.52. The summed E-state index contributed by atoms with van der Waals surface area (Å²) in [5.74, 6) is 0. The van der Waals surface area contributed by atoms with Crippen LogP contribution in [0.25, 0.3) is 0 Å². The molecule has 5 heteroatoms. The van der Waals surface area contributed by atoms with Crippen molar-refractivity contribution in [2.75, 3.05) is 0 Å². The Morgan fingerprint density at radius 1 is 1.43 bits per heavy atom. The lowest BCUT2D eigenvalue weighted by Crippen LogP contribution is -2.01. The van der Waals surface area contributed by atoms with Crippen LogP contribution < -0.4 is 0 Å². The van der Waals surface area contributed by atoms with Gasteiger partial charge in [-0.1, -0.05) is 0 Å². The van der Waals surface area contributed by atoms with Crippen molar-refractivity contribution in [2.24, 2.45) is 0 Å². The van der Waals surface area contributed by atoms with Crippen LogP contribution in [0.15, 0.2) is 0 Å². The monoisotopic (exact) mass is 140 g/mol. The molecule has 0 atom stereocenters. The van der Waals surface area contributed by atoms with Crippen LogP contribution in [0.5, 0.6) is 0 Å². The summed E-state index contributed by atoms with van der Waals surface area (Å²) >= 11 is 0. The van der Waals surface area contributed by atoms with Gasteiger partial charge in [-0.3, -0.25) is 0 Å². The van der Waals surface area contributed by atoms with Crippen molar-refractivity contribution in [1.82, 2.24) is 0 Å². The molecule has 0 aromatic heterocycles. The van der Waals surface area contributed by atoms with E-state index in [1.165, 1.54) is 0 Å². The average Bonchev–Trinajstić information content (AvgIpc) is 1.27. The number of hydrogen-bond acceptors (Lipinski definition) is 3. The van der Waals surface area contributed by atoms with E-state index in [1.54, 1.807) is 0 Å². The van der Waals surface area contributed by atoms with Gasteiger partial charge >= 0.3 is 8.60 Å². The number of hydrogen-bond donors (Lipinski definition) is 2. The van der Waals surface area contributed by atoms with Crippen molar-refractivity contribution in [1.29, 1.82) is 0 Å². The molecule has 0 unspecified atom stereocenters. The van der Waals surface area contributed by atoms with Gasteiger partial charge in [0, 0.05) is 0 Å². The minimum Gasteiger partial charge on any atom is -0.359 e. The summed E-state index contributed by atoms with van der Waals surface area (Å²) in [7, 11) is -3.28.